The van der Waals surface area contributed by atoms with Gasteiger partial charge in [0, 0.05) is 31.0 Å². The topological polar surface area (TPSA) is 58.1 Å². The van der Waals surface area contributed by atoms with Crippen LogP contribution in [0.5, 0.6) is 0 Å². The third-order valence-electron chi connectivity index (χ3n) is 2.86. The van der Waals surface area contributed by atoms with Crippen molar-refractivity contribution in [2.75, 3.05) is 18.0 Å². The Kier molecular flexibility index (Phi) is 3.34. The van der Waals surface area contributed by atoms with Crippen LogP contribution in [0.15, 0.2) is 12.3 Å². The molecule has 0 radical (unpaired) electrons. The van der Waals surface area contributed by atoms with Crippen LogP contribution in [0.4, 0.5) is 5.95 Å². The van der Waals surface area contributed by atoms with Crippen molar-refractivity contribution in [3.05, 3.63) is 18.0 Å². The van der Waals surface area contributed by atoms with Gasteiger partial charge in [0.15, 0.2) is 0 Å². The lowest BCUT2D eigenvalue weighted by atomic mass is 10.1. The maximum atomic E-state index is 10.3. The number of hydrogen-bond acceptors (Lipinski definition) is 4. The molecule has 1 fully saturated rings. The molecule has 5 heteroatoms. The fraction of sp³-hybridized carbons (Fsp3) is 0.545. The molecule has 0 aromatic carbocycles. The van der Waals surface area contributed by atoms with E-state index in [1.165, 1.54) is 0 Å². The molecule has 86 valence electrons. The second-order valence-corrected chi connectivity index (χ2v) is 4.04. The summed E-state index contributed by atoms with van der Waals surface area (Å²) in [6.07, 6.45) is 4.48. The molecule has 1 aromatic heterocycles. The molecule has 0 bridgehead atoms. The van der Waals surface area contributed by atoms with Gasteiger partial charge in [-0.25, -0.2) is 9.97 Å². The number of piperidine rings is 1. The minimum absolute atomic E-state index is 0.304. The number of nitrogens with zero attached hydrogens (tertiary/aromatic N) is 3. The Balaban J connectivity index is 1.96. The Labute approximate surface area is 94.9 Å². The molecule has 1 saturated heterocycles. The van der Waals surface area contributed by atoms with Gasteiger partial charge in [-0.3, -0.25) is 4.79 Å². The van der Waals surface area contributed by atoms with E-state index in [1.54, 1.807) is 6.20 Å². The summed E-state index contributed by atoms with van der Waals surface area (Å²) in [6.45, 7) is 3.76. The van der Waals surface area contributed by atoms with Crippen LogP contribution in [-0.2, 0) is 4.79 Å². The van der Waals surface area contributed by atoms with Gasteiger partial charge in [-0.1, -0.05) is 0 Å². The third kappa shape index (κ3) is 2.48. The number of nitrogens with one attached hydrogen (secondary N) is 1. The van der Waals surface area contributed by atoms with Crippen LogP contribution in [-0.4, -0.2) is 35.5 Å². The minimum Gasteiger partial charge on any atom is -0.356 e. The average molecular weight is 220 g/mol. The van der Waals surface area contributed by atoms with E-state index in [4.69, 9.17) is 0 Å². The molecule has 1 N–H and O–H groups in total. The van der Waals surface area contributed by atoms with E-state index in [1.807, 2.05) is 13.0 Å². The van der Waals surface area contributed by atoms with Crippen molar-refractivity contribution >= 4 is 12.4 Å². The van der Waals surface area contributed by atoms with Crippen molar-refractivity contribution in [2.24, 2.45) is 0 Å². The number of anilines is 1. The highest BCUT2D eigenvalue weighted by molar-refractivity contribution is 5.46. The van der Waals surface area contributed by atoms with Crippen LogP contribution >= 0.6 is 0 Å². The predicted molar refractivity (Wildman–Crippen MR) is 61.2 cm³/mol. The number of rotatable bonds is 3. The highest BCUT2D eigenvalue weighted by atomic mass is 16.1. The maximum Gasteiger partial charge on any atom is 0.225 e. The molecule has 1 aromatic rings. The summed E-state index contributed by atoms with van der Waals surface area (Å²) in [5.74, 6) is 0.796. The van der Waals surface area contributed by atoms with E-state index in [9.17, 15) is 4.79 Å². The van der Waals surface area contributed by atoms with Gasteiger partial charge >= 0.3 is 0 Å². The Bertz CT molecular complexity index is 361. The lowest BCUT2D eigenvalue weighted by Crippen LogP contribution is -2.42. The molecule has 16 heavy (non-hydrogen) atoms. The summed E-state index contributed by atoms with van der Waals surface area (Å²) >= 11 is 0. The first-order chi connectivity index (χ1) is 7.79. The standard InChI is InChI=1S/C11H16N4O/c1-9-2-5-12-11(14-9)15-6-3-10(4-7-15)13-8-16/h2,5,8,10H,3-4,6-7H2,1H3,(H,13,16). The number of amides is 1. The second kappa shape index (κ2) is 4.92. The predicted octanol–water partition coefficient (Wildman–Crippen LogP) is 0.500. The number of hydrogen-bond donors (Lipinski definition) is 1. The van der Waals surface area contributed by atoms with Crippen LogP contribution in [0, 0.1) is 6.92 Å². The molecule has 2 rings (SSSR count). The molecular formula is C11H16N4O. The van der Waals surface area contributed by atoms with Gasteiger partial charge in [-0.15, -0.1) is 0 Å². The van der Waals surface area contributed by atoms with E-state index < -0.39 is 0 Å². The van der Waals surface area contributed by atoms with Crippen molar-refractivity contribution in [2.45, 2.75) is 25.8 Å². The van der Waals surface area contributed by atoms with Crippen LogP contribution in [0.25, 0.3) is 0 Å². The SMILES string of the molecule is Cc1ccnc(N2CCC(NC=O)CC2)n1. The summed E-state index contributed by atoms with van der Waals surface area (Å²) < 4.78 is 0. The number of carbonyl (C=O) groups is 1. The normalized spacial score (nSPS) is 17.2. The van der Waals surface area contributed by atoms with Gasteiger partial charge in [0.05, 0.1) is 0 Å². The second-order valence-electron chi connectivity index (χ2n) is 4.04. The molecular weight excluding hydrogens is 204 g/mol. The van der Waals surface area contributed by atoms with E-state index in [-0.39, 0.29) is 0 Å². The molecule has 0 unspecified atom stereocenters. The van der Waals surface area contributed by atoms with Crippen molar-refractivity contribution in [3.8, 4) is 0 Å². The maximum absolute atomic E-state index is 10.3. The Morgan fingerprint density at radius 1 is 1.50 bits per heavy atom. The number of aryl methyl sites for hydroxylation is 1. The van der Waals surface area contributed by atoms with Crippen molar-refractivity contribution in [3.63, 3.8) is 0 Å². The first-order valence-corrected chi connectivity index (χ1v) is 5.54. The zero-order valence-corrected chi connectivity index (χ0v) is 9.39. The molecule has 0 aliphatic carbocycles. The summed E-state index contributed by atoms with van der Waals surface area (Å²) in [5.41, 5.74) is 0.984. The highest BCUT2D eigenvalue weighted by Gasteiger charge is 2.20. The van der Waals surface area contributed by atoms with Crippen molar-refractivity contribution in [1.82, 2.24) is 15.3 Å². The van der Waals surface area contributed by atoms with Crippen LogP contribution in [0.3, 0.4) is 0 Å². The smallest absolute Gasteiger partial charge is 0.225 e. The van der Waals surface area contributed by atoms with Crippen LogP contribution < -0.4 is 10.2 Å². The van der Waals surface area contributed by atoms with Gasteiger partial charge in [0.25, 0.3) is 0 Å². The molecule has 0 spiro atoms. The fourth-order valence-corrected chi connectivity index (χ4v) is 1.93. The molecule has 1 aliphatic heterocycles. The number of carbonyl (C=O) groups excluding carboxylic acids is 1. The molecule has 1 aliphatic rings. The molecule has 0 saturated carbocycles. The highest BCUT2D eigenvalue weighted by Crippen LogP contribution is 2.15. The van der Waals surface area contributed by atoms with Gasteiger partial charge < -0.3 is 10.2 Å². The Hall–Kier alpha value is -1.65. The third-order valence-corrected chi connectivity index (χ3v) is 2.86. The Morgan fingerprint density at radius 2 is 2.25 bits per heavy atom. The lowest BCUT2D eigenvalue weighted by Gasteiger charge is -2.31. The largest absolute Gasteiger partial charge is 0.356 e. The zero-order valence-electron chi connectivity index (χ0n) is 9.39. The summed E-state index contributed by atoms with van der Waals surface area (Å²) in [5, 5.41) is 2.82. The van der Waals surface area contributed by atoms with Crippen molar-refractivity contribution in [1.29, 1.82) is 0 Å². The van der Waals surface area contributed by atoms with Gasteiger partial charge in [-0.2, -0.15) is 0 Å². The molecule has 2 heterocycles. The summed E-state index contributed by atoms with van der Waals surface area (Å²) in [7, 11) is 0. The van der Waals surface area contributed by atoms with E-state index in [2.05, 4.69) is 20.2 Å². The van der Waals surface area contributed by atoms with E-state index in [0.717, 1.165) is 44.0 Å². The number of aromatic nitrogens is 2. The van der Waals surface area contributed by atoms with Gasteiger partial charge in [0.1, 0.15) is 0 Å². The fourth-order valence-electron chi connectivity index (χ4n) is 1.93. The lowest BCUT2D eigenvalue weighted by molar-refractivity contribution is -0.110. The summed E-state index contributed by atoms with van der Waals surface area (Å²) in [6, 6.07) is 2.20. The first-order valence-electron chi connectivity index (χ1n) is 5.54. The molecule has 5 nitrogen and oxygen atoms in total. The quantitative estimate of drug-likeness (QED) is 0.754. The monoisotopic (exact) mass is 220 g/mol. The molecule has 1 amide bonds. The minimum atomic E-state index is 0.304. The Morgan fingerprint density at radius 3 is 2.88 bits per heavy atom. The van der Waals surface area contributed by atoms with Gasteiger partial charge in [-0.05, 0) is 25.8 Å². The zero-order chi connectivity index (χ0) is 11.4. The van der Waals surface area contributed by atoms with Crippen LogP contribution in [0.1, 0.15) is 18.5 Å². The summed E-state index contributed by atoms with van der Waals surface area (Å²) in [4.78, 5) is 21.1. The van der Waals surface area contributed by atoms with Crippen LogP contribution in [0.2, 0.25) is 0 Å². The van der Waals surface area contributed by atoms with E-state index in [0.29, 0.717) is 6.04 Å². The first kappa shape index (κ1) is 10.9. The average Bonchev–Trinajstić information content (AvgIpc) is 2.30. The van der Waals surface area contributed by atoms with Gasteiger partial charge in [0.2, 0.25) is 12.4 Å². The van der Waals surface area contributed by atoms with Crippen molar-refractivity contribution < 1.29 is 4.79 Å². The molecule has 0 atom stereocenters. The van der Waals surface area contributed by atoms with E-state index >= 15 is 0 Å².